The molecule has 0 spiro atoms. The molecule has 0 aliphatic heterocycles. The smallest absolute Gasteiger partial charge is 0.119 e. The molecular formula is C11H13O. The Bertz CT molecular complexity index is 278. The lowest BCUT2D eigenvalue weighted by atomic mass is 9.92. The molecule has 2 rings (SSSR count). The standard InChI is InChI=1S/C11H13O/c1-12-11-7-6-9-4-2-3-5-10(9)8-11/h5-8H,2-4H2,1H3. The Labute approximate surface area is 73.4 Å². The second-order valence-corrected chi connectivity index (χ2v) is 3.16. The van der Waals surface area contributed by atoms with Crippen molar-refractivity contribution in [3.8, 4) is 5.75 Å². The minimum atomic E-state index is 0.965. The Morgan fingerprint density at radius 3 is 3.08 bits per heavy atom. The highest BCUT2D eigenvalue weighted by Gasteiger charge is 2.09. The first-order valence-electron chi connectivity index (χ1n) is 4.40. The normalized spacial score (nSPS) is 15.4. The van der Waals surface area contributed by atoms with E-state index in [0.717, 1.165) is 5.75 Å². The first-order valence-corrected chi connectivity index (χ1v) is 4.40. The Hall–Kier alpha value is -0.980. The van der Waals surface area contributed by atoms with Gasteiger partial charge < -0.3 is 4.74 Å². The van der Waals surface area contributed by atoms with Crippen LogP contribution in [0.15, 0.2) is 18.2 Å². The Balaban J connectivity index is 2.36. The van der Waals surface area contributed by atoms with Crippen LogP contribution in [0.25, 0.3) is 0 Å². The molecule has 0 unspecified atom stereocenters. The maximum absolute atomic E-state index is 5.16. The van der Waals surface area contributed by atoms with Crippen LogP contribution in [0.1, 0.15) is 24.0 Å². The van der Waals surface area contributed by atoms with Gasteiger partial charge in [0.15, 0.2) is 0 Å². The van der Waals surface area contributed by atoms with Gasteiger partial charge in [-0.05, 0) is 48.9 Å². The fourth-order valence-corrected chi connectivity index (χ4v) is 1.67. The van der Waals surface area contributed by atoms with Gasteiger partial charge in [-0.3, -0.25) is 0 Å². The van der Waals surface area contributed by atoms with Crippen LogP contribution >= 0.6 is 0 Å². The van der Waals surface area contributed by atoms with E-state index in [-0.39, 0.29) is 0 Å². The number of ether oxygens (including phenoxy) is 1. The zero-order valence-corrected chi connectivity index (χ0v) is 7.34. The van der Waals surface area contributed by atoms with Crippen LogP contribution in [-0.4, -0.2) is 7.11 Å². The van der Waals surface area contributed by atoms with Gasteiger partial charge in [0.1, 0.15) is 5.75 Å². The Morgan fingerprint density at radius 2 is 2.25 bits per heavy atom. The van der Waals surface area contributed by atoms with Crippen LogP contribution in [0, 0.1) is 6.42 Å². The molecule has 0 bridgehead atoms. The van der Waals surface area contributed by atoms with Crippen molar-refractivity contribution in [2.75, 3.05) is 7.11 Å². The van der Waals surface area contributed by atoms with Gasteiger partial charge in [0.05, 0.1) is 7.11 Å². The van der Waals surface area contributed by atoms with E-state index in [0.29, 0.717) is 0 Å². The molecular weight excluding hydrogens is 148 g/mol. The SMILES string of the molecule is COc1ccc2c(c1)[CH]CCC2. The third-order valence-electron chi connectivity index (χ3n) is 2.37. The lowest BCUT2D eigenvalue weighted by molar-refractivity contribution is 0.414. The molecule has 1 nitrogen and oxygen atoms in total. The van der Waals surface area contributed by atoms with Gasteiger partial charge in [-0.25, -0.2) is 0 Å². The highest BCUT2D eigenvalue weighted by atomic mass is 16.5. The number of hydrogen-bond donors (Lipinski definition) is 0. The molecule has 0 aromatic heterocycles. The van der Waals surface area contributed by atoms with E-state index in [1.54, 1.807) is 7.11 Å². The summed E-state index contributed by atoms with van der Waals surface area (Å²) >= 11 is 0. The summed E-state index contributed by atoms with van der Waals surface area (Å²) in [5, 5.41) is 0. The van der Waals surface area contributed by atoms with E-state index in [2.05, 4.69) is 18.6 Å². The van der Waals surface area contributed by atoms with Gasteiger partial charge in [-0.15, -0.1) is 0 Å². The Morgan fingerprint density at radius 1 is 1.33 bits per heavy atom. The van der Waals surface area contributed by atoms with Crippen molar-refractivity contribution in [1.82, 2.24) is 0 Å². The summed E-state index contributed by atoms with van der Waals surface area (Å²) in [7, 11) is 1.71. The van der Waals surface area contributed by atoms with E-state index >= 15 is 0 Å². The molecule has 1 aliphatic carbocycles. The van der Waals surface area contributed by atoms with Gasteiger partial charge in [-0.1, -0.05) is 6.07 Å². The fraction of sp³-hybridized carbons (Fsp3) is 0.364. The van der Waals surface area contributed by atoms with E-state index in [9.17, 15) is 0 Å². The Kier molecular flexibility index (Phi) is 2.03. The molecule has 1 aromatic rings. The number of rotatable bonds is 1. The third-order valence-corrected chi connectivity index (χ3v) is 2.37. The van der Waals surface area contributed by atoms with Crippen LogP contribution in [0.5, 0.6) is 5.75 Å². The third kappa shape index (κ3) is 1.31. The number of fused-ring (bicyclic) bond motifs is 1. The first kappa shape index (κ1) is 7.66. The summed E-state index contributed by atoms with van der Waals surface area (Å²) < 4.78 is 5.16. The molecule has 0 N–H and O–H groups in total. The van der Waals surface area contributed by atoms with Crippen LogP contribution in [-0.2, 0) is 6.42 Å². The summed E-state index contributed by atoms with van der Waals surface area (Å²) in [6.45, 7) is 0. The average Bonchev–Trinajstić information content (AvgIpc) is 2.17. The molecule has 0 fully saturated rings. The second-order valence-electron chi connectivity index (χ2n) is 3.16. The van der Waals surface area contributed by atoms with Gasteiger partial charge >= 0.3 is 0 Å². The van der Waals surface area contributed by atoms with Crippen molar-refractivity contribution in [3.05, 3.63) is 35.7 Å². The van der Waals surface area contributed by atoms with Crippen molar-refractivity contribution < 1.29 is 4.74 Å². The van der Waals surface area contributed by atoms with Crippen LogP contribution in [0.2, 0.25) is 0 Å². The predicted octanol–water partition coefficient (Wildman–Crippen LogP) is 2.58. The average molecular weight is 161 g/mol. The van der Waals surface area contributed by atoms with Crippen molar-refractivity contribution >= 4 is 0 Å². The van der Waals surface area contributed by atoms with E-state index in [1.165, 1.54) is 30.4 Å². The van der Waals surface area contributed by atoms with Crippen molar-refractivity contribution in [2.24, 2.45) is 0 Å². The molecule has 0 amide bonds. The van der Waals surface area contributed by atoms with Gasteiger partial charge in [0.2, 0.25) is 0 Å². The summed E-state index contributed by atoms with van der Waals surface area (Å²) in [5.41, 5.74) is 2.82. The van der Waals surface area contributed by atoms with E-state index in [4.69, 9.17) is 4.74 Å². The van der Waals surface area contributed by atoms with E-state index in [1.807, 2.05) is 6.07 Å². The molecule has 63 valence electrons. The van der Waals surface area contributed by atoms with Crippen LogP contribution in [0.3, 0.4) is 0 Å². The molecule has 1 aromatic carbocycles. The molecule has 0 atom stereocenters. The zero-order valence-electron chi connectivity index (χ0n) is 7.34. The van der Waals surface area contributed by atoms with Gasteiger partial charge in [0.25, 0.3) is 0 Å². The highest BCUT2D eigenvalue weighted by Crippen LogP contribution is 2.26. The molecule has 1 radical (unpaired) electrons. The minimum Gasteiger partial charge on any atom is -0.497 e. The van der Waals surface area contributed by atoms with Crippen LogP contribution < -0.4 is 4.74 Å². The van der Waals surface area contributed by atoms with Crippen LogP contribution in [0.4, 0.5) is 0 Å². The maximum atomic E-state index is 5.16. The fourth-order valence-electron chi connectivity index (χ4n) is 1.67. The first-order chi connectivity index (χ1) is 5.90. The number of aryl methyl sites for hydroxylation is 1. The second kappa shape index (κ2) is 3.18. The van der Waals surface area contributed by atoms with Crippen molar-refractivity contribution in [1.29, 1.82) is 0 Å². The van der Waals surface area contributed by atoms with Gasteiger partial charge in [0, 0.05) is 0 Å². The van der Waals surface area contributed by atoms with E-state index < -0.39 is 0 Å². The summed E-state index contributed by atoms with van der Waals surface area (Å²) in [4.78, 5) is 0. The summed E-state index contributed by atoms with van der Waals surface area (Å²) in [6.07, 6.45) is 6.01. The number of methoxy groups -OCH3 is 1. The summed E-state index contributed by atoms with van der Waals surface area (Å²) in [6, 6.07) is 6.33. The maximum Gasteiger partial charge on any atom is 0.119 e. The molecule has 1 heteroatoms. The molecule has 12 heavy (non-hydrogen) atoms. The monoisotopic (exact) mass is 161 g/mol. The molecule has 0 saturated carbocycles. The highest BCUT2D eigenvalue weighted by molar-refractivity contribution is 5.41. The molecule has 1 aliphatic rings. The predicted molar refractivity (Wildman–Crippen MR) is 49.3 cm³/mol. The lowest BCUT2D eigenvalue weighted by Gasteiger charge is -2.15. The zero-order chi connectivity index (χ0) is 8.39. The number of hydrogen-bond acceptors (Lipinski definition) is 1. The van der Waals surface area contributed by atoms with Crippen molar-refractivity contribution in [2.45, 2.75) is 19.3 Å². The molecule has 0 saturated heterocycles. The largest absolute Gasteiger partial charge is 0.497 e. The minimum absolute atomic E-state index is 0.965. The quantitative estimate of drug-likeness (QED) is 0.615. The molecule has 0 heterocycles. The lowest BCUT2D eigenvalue weighted by Crippen LogP contribution is -2.00. The topological polar surface area (TPSA) is 9.23 Å². The summed E-state index contributed by atoms with van der Waals surface area (Å²) in [5.74, 6) is 0.965. The number of benzene rings is 1. The van der Waals surface area contributed by atoms with Gasteiger partial charge in [-0.2, -0.15) is 0 Å². The van der Waals surface area contributed by atoms with Crippen molar-refractivity contribution in [3.63, 3.8) is 0 Å².